The van der Waals surface area contributed by atoms with E-state index in [1.807, 2.05) is 35.7 Å². The average Bonchev–Trinajstić information content (AvgIpc) is 3.04. The van der Waals surface area contributed by atoms with Gasteiger partial charge in [-0.1, -0.05) is 36.4 Å². The van der Waals surface area contributed by atoms with Gasteiger partial charge in [0.05, 0.1) is 0 Å². The number of thioether (sulfide) groups is 2. The molecule has 0 amide bonds. The summed E-state index contributed by atoms with van der Waals surface area (Å²) in [5.74, 6) is 1.87. The lowest BCUT2D eigenvalue weighted by Gasteiger charge is -2.35. The molecule has 2 heterocycles. The Morgan fingerprint density at radius 2 is 0.976 bits per heavy atom. The molecule has 0 saturated carbocycles. The summed E-state index contributed by atoms with van der Waals surface area (Å²) in [6.07, 6.45) is 1.99. The zero-order chi connectivity index (χ0) is 29.4. The van der Waals surface area contributed by atoms with Crippen molar-refractivity contribution in [2.24, 2.45) is 11.5 Å². The Kier molecular flexibility index (Phi) is 15.7. The minimum atomic E-state index is -2.51. The molecule has 0 aromatic heterocycles. The molecule has 0 aliphatic carbocycles. The Bertz CT molecular complexity index is 935. The summed E-state index contributed by atoms with van der Waals surface area (Å²) in [6, 6.07) is 21.2. The van der Waals surface area contributed by atoms with E-state index in [1.54, 1.807) is 0 Å². The third-order valence-corrected chi connectivity index (χ3v) is 10.8. The van der Waals surface area contributed by atoms with E-state index in [1.165, 1.54) is 9.79 Å². The molecular formula is C30H49N6O3PS2. The Balaban J connectivity index is 0.976. The number of hydrogen-bond donors (Lipinski definition) is 2. The van der Waals surface area contributed by atoms with Gasteiger partial charge in [-0.3, -0.25) is 23.4 Å². The molecule has 12 heteroatoms. The number of benzene rings is 2. The van der Waals surface area contributed by atoms with E-state index in [0.29, 0.717) is 13.5 Å². The lowest BCUT2D eigenvalue weighted by Crippen LogP contribution is -2.48. The summed E-state index contributed by atoms with van der Waals surface area (Å²) < 4.78 is 23.5. The highest BCUT2D eigenvalue weighted by atomic mass is 32.2. The van der Waals surface area contributed by atoms with Gasteiger partial charge in [0.1, 0.15) is 13.5 Å². The normalized spacial score (nSPS) is 19.3. The average molecular weight is 637 g/mol. The predicted molar refractivity (Wildman–Crippen MR) is 176 cm³/mol. The van der Waals surface area contributed by atoms with Crippen LogP contribution in [0.1, 0.15) is 12.8 Å². The van der Waals surface area contributed by atoms with E-state index < -0.39 is 8.25 Å². The summed E-state index contributed by atoms with van der Waals surface area (Å²) in [6.45, 7) is 10.3. The van der Waals surface area contributed by atoms with Crippen LogP contribution in [0, 0.1) is 0 Å². The van der Waals surface area contributed by atoms with Gasteiger partial charge in [0.2, 0.25) is 0 Å². The smallest absolute Gasteiger partial charge is 0.321 e. The highest BCUT2D eigenvalue weighted by Gasteiger charge is 2.20. The van der Waals surface area contributed by atoms with Crippen molar-refractivity contribution >= 4 is 31.8 Å². The molecule has 2 atom stereocenters. The van der Waals surface area contributed by atoms with E-state index in [9.17, 15) is 4.57 Å². The van der Waals surface area contributed by atoms with E-state index in [0.717, 1.165) is 89.8 Å². The molecule has 0 spiro atoms. The topological polar surface area (TPSA) is 101 Å². The lowest BCUT2D eigenvalue weighted by molar-refractivity contribution is 0.0379. The van der Waals surface area contributed by atoms with Crippen LogP contribution in [0.5, 0.6) is 0 Å². The second-order valence-corrected chi connectivity index (χ2v) is 14.3. The van der Waals surface area contributed by atoms with Crippen molar-refractivity contribution in [3.05, 3.63) is 60.7 Å². The standard InChI is InChI=1S/C30H49N6O3PS2/c31-27(23-41-29-7-3-1-4-8-29)11-13-33-15-19-35(20-16-33)25-38-40(37)39-26-36-21-17-34(18-22-36)14-12-28(32)24-42-30-9-5-2-6-10-30/h1-10,27-28,40H,11-26,31-32H2/t27-,28-/m1/s1. The predicted octanol–water partition coefficient (Wildman–Crippen LogP) is 3.58. The Morgan fingerprint density at radius 3 is 1.36 bits per heavy atom. The third kappa shape index (κ3) is 13.4. The molecule has 234 valence electrons. The molecule has 42 heavy (non-hydrogen) atoms. The largest absolute Gasteiger partial charge is 0.327 e. The number of piperazine rings is 2. The maximum Gasteiger partial charge on any atom is 0.321 e. The quantitative estimate of drug-likeness (QED) is 0.186. The summed E-state index contributed by atoms with van der Waals surface area (Å²) in [5.41, 5.74) is 12.7. The fourth-order valence-corrected chi connectivity index (χ4v) is 7.42. The highest BCUT2D eigenvalue weighted by molar-refractivity contribution is 7.99. The van der Waals surface area contributed by atoms with Crippen molar-refractivity contribution in [3.63, 3.8) is 0 Å². The van der Waals surface area contributed by atoms with Gasteiger partial charge in [-0.25, -0.2) is 0 Å². The maximum absolute atomic E-state index is 12.4. The number of nitrogens with two attached hydrogens (primary N) is 2. The molecule has 2 aromatic rings. The summed E-state index contributed by atoms with van der Waals surface area (Å²) >= 11 is 3.65. The number of nitrogens with zero attached hydrogens (tertiary/aromatic N) is 4. The van der Waals surface area contributed by atoms with Gasteiger partial charge in [0, 0.05) is 85.7 Å². The minimum absolute atomic E-state index is 0.190. The fraction of sp³-hybridized carbons (Fsp3) is 0.600. The summed E-state index contributed by atoms with van der Waals surface area (Å²) in [4.78, 5) is 11.9. The fourth-order valence-electron chi connectivity index (χ4n) is 4.92. The van der Waals surface area contributed by atoms with E-state index >= 15 is 0 Å². The molecule has 2 aliphatic heterocycles. The monoisotopic (exact) mass is 636 g/mol. The number of hydrogen-bond acceptors (Lipinski definition) is 11. The van der Waals surface area contributed by atoms with Crippen molar-refractivity contribution in [3.8, 4) is 0 Å². The zero-order valence-corrected chi connectivity index (χ0v) is 27.4. The van der Waals surface area contributed by atoms with Crippen LogP contribution in [-0.4, -0.2) is 122 Å². The first kappa shape index (κ1) is 33.9. The summed E-state index contributed by atoms with van der Waals surface area (Å²) in [5, 5.41) is 0. The van der Waals surface area contributed by atoms with Gasteiger partial charge in [-0.05, 0) is 50.2 Å². The molecule has 9 nitrogen and oxygen atoms in total. The van der Waals surface area contributed by atoms with Gasteiger partial charge >= 0.3 is 8.25 Å². The van der Waals surface area contributed by atoms with Crippen molar-refractivity contribution in [2.75, 3.05) is 90.4 Å². The van der Waals surface area contributed by atoms with Crippen LogP contribution in [0.15, 0.2) is 70.5 Å². The number of rotatable bonds is 18. The lowest BCUT2D eigenvalue weighted by atomic mass is 10.2. The van der Waals surface area contributed by atoms with Gasteiger partial charge in [-0.2, -0.15) is 0 Å². The molecule has 0 bridgehead atoms. The first-order valence-corrected chi connectivity index (χ1v) is 18.3. The van der Waals surface area contributed by atoms with Crippen molar-refractivity contribution in [1.29, 1.82) is 0 Å². The first-order chi connectivity index (χ1) is 20.5. The minimum Gasteiger partial charge on any atom is -0.327 e. The Labute approximate surface area is 261 Å². The molecule has 4 rings (SSSR count). The van der Waals surface area contributed by atoms with Crippen LogP contribution < -0.4 is 11.5 Å². The van der Waals surface area contributed by atoms with Crippen molar-refractivity contribution in [2.45, 2.75) is 34.7 Å². The van der Waals surface area contributed by atoms with E-state index in [-0.39, 0.29) is 12.1 Å². The van der Waals surface area contributed by atoms with Gasteiger partial charge < -0.3 is 21.3 Å². The van der Waals surface area contributed by atoms with Crippen LogP contribution in [0.4, 0.5) is 0 Å². The van der Waals surface area contributed by atoms with Crippen molar-refractivity contribution in [1.82, 2.24) is 19.6 Å². The molecule has 0 radical (unpaired) electrons. The van der Waals surface area contributed by atoms with E-state index in [4.69, 9.17) is 20.5 Å². The van der Waals surface area contributed by atoms with Crippen molar-refractivity contribution < 1.29 is 13.6 Å². The second kappa shape index (κ2) is 19.4. The van der Waals surface area contributed by atoms with Crippen LogP contribution in [0.25, 0.3) is 0 Å². The highest BCUT2D eigenvalue weighted by Crippen LogP contribution is 2.25. The SMILES string of the molecule is N[C@H](CCN1CCN(CO[PH](=O)OCN2CCN(CC[C@@H](N)CSc3ccccc3)CC2)CC1)CSc1ccccc1. The van der Waals surface area contributed by atoms with Crippen LogP contribution in [0.3, 0.4) is 0 Å². The summed E-state index contributed by atoms with van der Waals surface area (Å²) in [7, 11) is -2.51. The molecule has 0 unspecified atom stereocenters. The molecule has 2 aliphatic rings. The molecule has 2 aromatic carbocycles. The molecule has 2 fully saturated rings. The third-order valence-electron chi connectivity index (χ3n) is 7.71. The van der Waals surface area contributed by atoms with Gasteiger partial charge in [0.25, 0.3) is 0 Å². The van der Waals surface area contributed by atoms with Gasteiger partial charge in [-0.15, -0.1) is 23.5 Å². The van der Waals surface area contributed by atoms with Crippen LogP contribution in [-0.2, 0) is 13.6 Å². The zero-order valence-electron chi connectivity index (χ0n) is 24.7. The molecule has 4 N–H and O–H groups in total. The molecule has 2 saturated heterocycles. The van der Waals surface area contributed by atoms with Crippen LogP contribution >= 0.6 is 31.8 Å². The maximum atomic E-state index is 12.4. The molecular weight excluding hydrogens is 587 g/mol. The Morgan fingerprint density at radius 1 is 0.619 bits per heavy atom. The van der Waals surface area contributed by atoms with E-state index in [2.05, 4.69) is 68.1 Å². The Hall–Kier alpha value is -0.950. The van der Waals surface area contributed by atoms with Gasteiger partial charge in [0.15, 0.2) is 0 Å². The second-order valence-electron chi connectivity index (χ2n) is 11.1. The van der Waals surface area contributed by atoms with Crippen LogP contribution in [0.2, 0.25) is 0 Å². The first-order valence-electron chi connectivity index (χ1n) is 15.1.